The summed E-state index contributed by atoms with van der Waals surface area (Å²) in [5, 5.41) is 3.49. The molecule has 0 aromatic rings. The molecule has 0 bridgehead atoms. The van der Waals surface area contributed by atoms with Gasteiger partial charge in [0.1, 0.15) is 0 Å². The van der Waals surface area contributed by atoms with Crippen LogP contribution in [0.4, 0.5) is 0 Å². The number of likely N-dealkylation sites (tertiary alicyclic amines) is 1. The van der Waals surface area contributed by atoms with E-state index in [1.807, 2.05) is 7.11 Å². The van der Waals surface area contributed by atoms with Crippen molar-refractivity contribution >= 4 is 0 Å². The Hall–Kier alpha value is -0.120. The molecule has 3 nitrogen and oxygen atoms in total. The van der Waals surface area contributed by atoms with Crippen molar-refractivity contribution in [3.8, 4) is 0 Å². The summed E-state index contributed by atoms with van der Waals surface area (Å²) < 4.78 is 5.25. The predicted octanol–water partition coefficient (Wildman–Crippen LogP) is 1.34. The predicted molar refractivity (Wildman–Crippen MR) is 66.6 cm³/mol. The molecule has 0 aromatic heterocycles. The van der Waals surface area contributed by atoms with Crippen LogP contribution in [-0.4, -0.2) is 50.8 Å². The molecule has 0 aliphatic carbocycles. The van der Waals surface area contributed by atoms with Crippen LogP contribution < -0.4 is 5.32 Å². The number of nitrogens with one attached hydrogen (secondary N) is 1. The van der Waals surface area contributed by atoms with Crippen molar-refractivity contribution in [3.63, 3.8) is 0 Å². The van der Waals surface area contributed by atoms with Crippen LogP contribution in [0.2, 0.25) is 0 Å². The van der Waals surface area contributed by atoms with Gasteiger partial charge in [0.05, 0.1) is 0 Å². The van der Waals surface area contributed by atoms with Crippen LogP contribution in [-0.2, 0) is 4.74 Å². The molecule has 2 aliphatic heterocycles. The minimum atomic E-state index is 0.804. The summed E-state index contributed by atoms with van der Waals surface area (Å²) >= 11 is 0. The maximum atomic E-state index is 5.25. The van der Waals surface area contributed by atoms with E-state index in [2.05, 4.69) is 17.1 Å². The molecule has 0 amide bonds. The lowest BCUT2D eigenvalue weighted by Crippen LogP contribution is -2.51. The summed E-state index contributed by atoms with van der Waals surface area (Å²) in [5.74, 6) is 1.62. The second kappa shape index (κ2) is 5.99. The van der Waals surface area contributed by atoms with Crippen molar-refractivity contribution in [2.45, 2.75) is 32.2 Å². The zero-order chi connectivity index (χ0) is 11.4. The molecule has 2 rings (SSSR count). The molecule has 2 fully saturated rings. The number of methoxy groups -OCH3 is 1. The quantitative estimate of drug-likeness (QED) is 0.786. The molecule has 3 heteroatoms. The van der Waals surface area contributed by atoms with Crippen molar-refractivity contribution in [1.82, 2.24) is 10.2 Å². The smallest absolute Gasteiger partial charge is 0.0491 e. The highest BCUT2D eigenvalue weighted by molar-refractivity contribution is 4.85. The normalized spacial score (nSPS) is 34.1. The summed E-state index contributed by atoms with van der Waals surface area (Å²) in [5.41, 5.74) is 0. The largest absolute Gasteiger partial charge is 0.384 e. The third-order valence-electron chi connectivity index (χ3n) is 4.26. The molecule has 1 N–H and O–H groups in total. The topological polar surface area (TPSA) is 24.5 Å². The molecule has 16 heavy (non-hydrogen) atoms. The van der Waals surface area contributed by atoms with Gasteiger partial charge in [0, 0.05) is 19.8 Å². The molecule has 2 aliphatic rings. The van der Waals surface area contributed by atoms with Crippen LogP contribution in [0.1, 0.15) is 26.2 Å². The van der Waals surface area contributed by atoms with E-state index in [0.717, 1.165) is 24.5 Å². The Morgan fingerprint density at radius 2 is 2.00 bits per heavy atom. The Bertz CT molecular complexity index is 202. The van der Waals surface area contributed by atoms with Gasteiger partial charge < -0.3 is 15.0 Å². The summed E-state index contributed by atoms with van der Waals surface area (Å²) in [4.78, 5) is 2.72. The number of piperidine rings is 2. The Balaban J connectivity index is 1.79. The maximum absolute atomic E-state index is 5.25. The van der Waals surface area contributed by atoms with Crippen LogP contribution in [0.3, 0.4) is 0 Å². The van der Waals surface area contributed by atoms with Gasteiger partial charge in [-0.1, -0.05) is 6.92 Å². The first-order valence-electron chi connectivity index (χ1n) is 6.75. The van der Waals surface area contributed by atoms with E-state index < -0.39 is 0 Å². The minimum Gasteiger partial charge on any atom is -0.384 e. The molecule has 2 atom stereocenters. The first-order valence-corrected chi connectivity index (χ1v) is 6.75. The molecule has 2 heterocycles. The average molecular weight is 226 g/mol. The van der Waals surface area contributed by atoms with Gasteiger partial charge >= 0.3 is 0 Å². The Morgan fingerprint density at radius 1 is 1.25 bits per heavy atom. The van der Waals surface area contributed by atoms with Crippen LogP contribution in [0.15, 0.2) is 0 Å². The van der Waals surface area contributed by atoms with E-state index in [9.17, 15) is 0 Å². The Kier molecular flexibility index (Phi) is 4.62. The molecule has 0 saturated carbocycles. The fourth-order valence-corrected chi connectivity index (χ4v) is 3.23. The van der Waals surface area contributed by atoms with Crippen molar-refractivity contribution in [2.75, 3.05) is 39.9 Å². The van der Waals surface area contributed by atoms with Gasteiger partial charge in [0.15, 0.2) is 0 Å². The van der Waals surface area contributed by atoms with E-state index in [1.165, 1.54) is 45.4 Å². The van der Waals surface area contributed by atoms with Gasteiger partial charge in [-0.25, -0.2) is 0 Å². The number of rotatable bonds is 3. The molecular formula is C13H26N2O. The molecular weight excluding hydrogens is 200 g/mol. The average Bonchev–Trinajstić information content (AvgIpc) is 2.31. The van der Waals surface area contributed by atoms with Gasteiger partial charge in [-0.15, -0.1) is 0 Å². The lowest BCUT2D eigenvalue weighted by atomic mass is 9.89. The zero-order valence-corrected chi connectivity index (χ0v) is 10.7. The lowest BCUT2D eigenvalue weighted by molar-refractivity contribution is 0.0535. The van der Waals surface area contributed by atoms with Crippen LogP contribution in [0.5, 0.6) is 0 Å². The van der Waals surface area contributed by atoms with Crippen LogP contribution in [0.25, 0.3) is 0 Å². The maximum Gasteiger partial charge on any atom is 0.0491 e. The Labute approximate surface area is 99.5 Å². The lowest BCUT2D eigenvalue weighted by Gasteiger charge is -2.42. The van der Waals surface area contributed by atoms with Gasteiger partial charge in [-0.05, 0) is 57.3 Å². The van der Waals surface area contributed by atoms with Crippen LogP contribution >= 0.6 is 0 Å². The number of hydrogen-bond donors (Lipinski definition) is 1. The number of nitrogens with zero attached hydrogens (tertiary/aromatic N) is 1. The summed E-state index contributed by atoms with van der Waals surface area (Å²) in [7, 11) is 1.82. The molecule has 0 aromatic carbocycles. The van der Waals surface area contributed by atoms with Crippen molar-refractivity contribution < 1.29 is 4.74 Å². The fourth-order valence-electron chi connectivity index (χ4n) is 3.23. The highest BCUT2D eigenvalue weighted by atomic mass is 16.5. The van der Waals surface area contributed by atoms with Gasteiger partial charge in [0.2, 0.25) is 0 Å². The highest BCUT2D eigenvalue weighted by Crippen LogP contribution is 2.24. The van der Waals surface area contributed by atoms with E-state index in [0.29, 0.717) is 0 Å². The SMILES string of the molecule is COCC1CCN(C2CCNCC2C)CC1. The molecule has 94 valence electrons. The third kappa shape index (κ3) is 2.96. The summed E-state index contributed by atoms with van der Waals surface area (Å²) in [6.45, 7) is 8.30. The highest BCUT2D eigenvalue weighted by Gasteiger charge is 2.29. The van der Waals surface area contributed by atoms with Crippen molar-refractivity contribution in [3.05, 3.63) is 0 Å². The second-order valence-electron chi connectivity index (χ2n) is 5.47. The van der Waals surface area contributed by atoms with E-state index in [4.69, 9.17) is 4.74 Å². The van der Waals surface area contributed by atoms with Crippen molar-refractivity contribution in [2.24, 2.45) is 11.8 Å². The van der Waals surface area contributed by atoms with Crippen LogP contribution in [0, 0.1) is 11.8 Å². The number of ether oxygens (including phenoxy) is 1. The molecule has 0 spiro atoms. The zero-order valence-electron chi connectivity index (χ0n) is 10.7. The molecule has 0 radical (unpaired) electrons. The Morgan fingerprint density at radius 3 is 2.62 bits per heavy atom. The van der Waals surface area contributed by atoms with Gasteiger partial charge in [-0.3, -0.25) is 0 Å². The third-order valence-corrected chi connectivity index (χ3v) is 4.26. The summed E-state index contributed by atoms with van der Waals surface area (Å²) in [6, 6.07) is 0.824. The van der Waals surface area contributed by atoms with Crippen molar-refractivity contribution in [1.29, 1.82) is 0 Å². The minimum absolute atomic E-state index is 0.804. The number of hydrogen-bond acceptors (Lipinski definition) is 3. The van der Waals surface area contributed by atoms with E-state index in [-0.39, 0.29) is 0 Å². The van der Waals surface area contributed by atoms with E-state index >= 15 is 0 Å². The van der Waals surface area contributed by atoms with Gasteiger partial charge in [-0.2, -0.15) is 0 Å². The molecule has 2 saturated heterocycles. The van der Waals surface area contributed by atoms with Gasteiger partial charge in [0.25, 0.3) is 0 Å². The fraction of sp³-hybridized carbons (Fsp3) is 1.00. The standard InChI is InChI=1S/C13H26N2O/c1-11-9-14-6-3-13(11)15-7-4-12(5-8-15)10-16-2/h11-14H,3-10H2,1-2H3. The monoisotopic (exact) mass is 226 g/mol. The first kappa shape index (κ1) is 12.3. The molecule has 2 unspecified atom stereocenters. The first-order chi connectivity index (χ1) is 7.81. The summed E-state index contributed by atoms with van der Waals surface area (Å²) in [6.07, 6.45) is 3.98. The van der Waals surface area contributed by atoms with E-state index in [1.54, 1.807) is 0 Å². The second-order valence-corrected chi connectivity index (χ2v) is 5.47.